The standard InChI is InChI=1S/C10H12ClN3O/c1-14-9(11)5-13-10(14)6-12-4-8-2-3-15-7-8/h2-3,5,7,12H,4,6H2,1H3. The van der Waals surface area contributed by atoms with E-state index in [1.165, 1.54) is 0 Å². The maximum atomic E-state index is 5.87. The van der Waals surface area contributed by atoms with Crippen molar-refractivity contribution in [1.29, 1.82) is 0 Å². The molecular formula is C10H12ClN3O. The molecule has 5 heteroatoms. The third-order valence-corrected chi connectivity index (χ3v) is 2.57. The predicted molar refractivity (Wildman–Crippen MR) is 57.5 cm³/mol. The normalized spacial score (nSPS) is 10.8. The van der Waals surface area contributed by atoms with Gasteiger partial charge in [0, 0.05) is 19.2 Å². The number of hydrogen-bond acceptors (Lipinski definition) is 3. The lowest BCUT2D eigenvalue weighted by Gasteiger charge is -2.03. The quantitative estimate of drug-likeness (QED) is 0.865. The molecule has 0 amide bonds. The monoisotopic (exact) mass is 225 g/mol. The molecule has 0 aliphatic carbocycles. The van der Waals surface area contributed by atoms with Crippen LogP contribution < -0.4 is 5.32 Å². The molecule has 2 aromatic rings. The van der Waals surface area contributed by atoms with Crippen LogP contribution in [0.2, 0.25) is 5.15 Å². The number of aromatic nitrogens is 2. The van der Waals surface area contributed by atoms with Crippen molar-refractivity contribution in [1.82, 2.24) is 14.9 Å². The zero-order valence-electron chi connectivity index (χ0n) is 8.40. The van der Waals surface area contributed by atoms with Crippen LogP contribution in [0.25, 0.3) is 0 Å². The summed E-state index contributed by atoms with van der Waals surface area (Å²) in [6, 6.07) is 1.93. The Kier molecular flexibility index (Phi) is 3.08. The van der Waals surface area contributed by atoms with Gasteiger partial charge in [-0.3, -0.25) is 0 Å². The van der Waals surface area contributed by atoms with Crippen LogP contribution in [-0.2, 0) is 20.1 Å². The number of imidazole rings is 1. The Morgan fingerprint density at radius 2 is 2.40 bits per heavy atom. The van der Waals surface area contributed by atoms with Crippen molar-refractivity contribution in [2.45, 2.75) is 13.1 Å². The molecule has 0 atom stereocenters. The first kappa shape index (κ1) is 10.3. The highest BCUT2D eigenvalue weighted by Crippen LogP contribution is 2.08. The Balaban J connectivity index is 1.86. The molecule has 80 valence electrons. The molecule has 0 saturated carbocycles. The number of halogens is 1. The van der Waals surface area contributed by atoms with Gasteiger partial charge in [-0.05, 0) is 6.07 Å². The molecule has 0 radical (unpaired) electrons. The minimum Gasteiger partial charge on any atom is -0.472 e. The SMILES string of the molecule is Cn1c(Cl)cnc1CNCc1ccoc1. The van der Waals surface area contributed by atoms with Crippen LogP contribution in [0.5, 0.6) is 0 Å². The number of hydrogen-bond donors (Lipinski definition) is 1. The van der Waals surface area contributed by atoms with Crippen molar-refractivity contribution >= 4 is 11.6 Å². The van der Waals surface area contributed by atoms with Crippen molar-refractivity contribution in [3.8, 4) is 0 Å². The third kappa shape index (κ3) is 2.40. The Morgan fingerprint density at radius 1 is 1.53 bits per heavy atom. The Morgan fingerprint density at radius 3 is 3.00 bits per heavy atom. The first-order chi connectivity index (χ1) is 7.27. The molecule has 4 nitrogen and oxygen atoms in total. The van der Waals surface area contributed by atoms with Crippen LogP contribution in [0.15, 0.2) is 29.2 Å². The van der Waals surface area contributed by atoms with Gasteiger partial charge in [-0.15, -0.1) is 0 Å². The van der Waals surface area contributed by atoms with Gasteiger partial charge in [0.05, 0.1) is 25.3 Å². The average Bonchev–Trinajstić information content (AvgIpc) is 2.83. The minimum atomic E-state index is 0.648. The van der Waals surface area contributed by atoms with E-state index in [0.717, 1.165) is 17.9 Å². The van der Waals surface area contributed by atoms with Gasteiger partial charge in [0.25, 0.3) is 0 Å². The number of furan rings is 1. The fourth-order valence-electron chi connectivity index (χ4n) is 1.30. The second-order valence-corrected chi connectivity index (χ2v) is 3.68. The van der Waals surface area contributed by atoms with Gasteiger partial charge in [0.15, 0.2) is 0 Å². The van der Waals surface area contributed by atoms with E-state index in [-0.39, 0.29) is 0 Å². The molecule has 15 heavy (non-hydrogen) atoms. The van der Waals surface area contributed by atoms with E-state index in [4.69, 9.17) is 16.0 Å². The van der Waals surface area contributed by atoms with E-state index in [0.29, 0.717) is 11.7 Å². The minimum absolute atomic E-state index is 0.648. The van der Waals surface area contributed by atoms with E-state index < -0.39 is 0 Å². The summed E-state index contributed by atoms with van der Waals surface area (Å²) in [4.78, 5) is 4.18. The summed E-state index contributed by atoms with van der Waals surface area (Å²) < 4.78 is 6.81. The summed E-state index contributed by atoms with van der Waals surface area (Å²) in [5.74, 6) is 0.920. The van der Waals surface area contributed by atoms with E-state index in [9.17, 15) is 0 Å². The molecule has 0 aromatic carbocycles. The Hall–Kier alpha value is -1.26. The summed E-state index contributed by atoms with van der Waals surface area (Å²) in [5.41, 5.74) is 1.12. The van der Waals surface area contributed by atoms with Crippen LogP contribution in [0.1, 0.15) is 11.4 Å². The van der Waals surface area contributed by atoms with Crippen LogP contribution in [-0.4, -0.2) is 9.55 Å². The lowest BCUT2D eigenvalue weighted by atomic mass is 10.3. The molecule has 0 unspecified atom stereocenters. The molecule has 0 aliphatic rings. The van der Waals surface area contributed by atoms with Crippen molar-refractivity contribution in [3.63, 3.8) is 0 Å². The number of nitrogens with zero attached hydrogens (tertiary/aromatic N) is 2. The van der Waals surface area contributed by atoms with Gasteiger partial charge < -0.3 is 14.3 Å². The number of rotatable bonds is 4. The third-order valence-electron chi connectivity index (χ3n) is 2.22. The molecule has 2 rings (SSSR count). The summed E-state index contributed by atoms with van der Waals surface area (Å²) in [6.45, 7) is 1.45. The fourth-order valence-corrected chi connectivity index (χ4v) is 1.45. The van der Waals surface area contributed by atoms with Crippen LogP contribution in [0.4, 0.5) is 0 Å². The summed E-state index contributed by atoms with van der Waals surface area (Å²) >= 11 is 5.87. The van der Waals surface area contributed by atoms with Crippen molar-refractivity contribution in [2.24, 2.45) is 7.05 Å². The maximum absolute atomic E-state index is 5.87. The second-order valence-electron chi connectivity index (χ2n) is 3.29. The largest absolute Gasteiger partial charge is 0.472 e. The number of nitrogens with one attached hydrogen (secondary N) is 1. The van der Waals surface area contributed by atoms with E-state index in [1.54, 1.807) is 18.7 Å². The summed E-state index contributed by atoms with van der Waals surface area (Å²) in [6.07, 6.45) is 5.03. The van der Waals surface area contributed by atoms with E-state index in [1.807, 2.05) is 17.7 Å². The van der Waals surface area contributed by atoms with Crippen LogP contribution in [0.3, 0.4) is 0 Å². The first-order valence-electron chi connectivity index (χ1n) is 4.65. The summed E-state index contributed by atoms with van der Waals surface area (Å²) in [7, 11) is 1.89. The zero-order chi connectivity index (χ0) is 10.7. The van der Waals surface area contributed by atoms with Crippen molar-refractivity contribution < 1.29 is 4.42 Å². The molecular weight excluding hydrogens is 214 g/mol. The smallest absolute Gasteiger partial charge is 0.128 e. The highest BCUT2D eigenvalue weighted by Gasteiger charge is 2.03. The van der Waals surface area contributed by atoms with Crippen LogP contribution >= 0.6 is 11.6 Å². The van der Waals surface area contributed by atoms with Crippen LogP contribution in [0, 0.1) is 0 Å². The Labute approximate surface area is 92.9 Å². The van der Waals surface area contributed by atoms with Gasteiger partial charge in [0.1, 0.15) is 11.0 Å². The highest BCUT2D eigenvalue weighted by molar-refractivity contribution is 6.29. The lowest BCUT2D eigenvalue weighted by molar-refractivity contribution is 0.558. The molecule has 0 aliphatic heterocycles. The highest BCUT2D eigenvalue weighted by atomic mass is 35.5. The molecule has 2 heterocycles. The molecule has 1 N–H and O–H groups in total. The van der Waals surface area contributed by atoms with Gasteiger partial charge >= 0.3 is 0 Å². The predicted octanol–water partition coefficient (Wildman–Crippen LogP) is 1.96. The van der Waals surface area contributed by atoms with E-state index in [2.05, 4.69) is 10.3 Å². The van der Waals surface area contributed by atoms with Gasteiger partial charge in [-0.2, -0.15) is 0 Å². The summed E-state index contributed by atoms with van der Waals surface area (Å²) in [5, 5.41) is 3.90. The van der Waals surface area contributed by atoms with Gasteiger partial charge in [-0.1, -0.05) is 11.6 Å². The van der Waals surface area contributed by atoms with Crippen molar-refractivity contribution in [3.05, 3.63) is 41.3 Å². The molecule has 2 aromatic heterocycles. The van der Waals surface area contributed by atoms with Crippen molar-refractivity contribution in [2.75, 3.05) is 0 Å². The van der Waals surface area contributed by atoms with E-state index >= 15 is 0 Å². The molecule has 0 fully saturated rings. The molecule has 0 saturated heterocycles. The molecule has 0 spiro atoms. The first-order valence-corrected chi connectivity index (χ1v) is 5.03. The second kappa shape index (κ2) is 4.51. The van der Waals surface area contributed by atoms with Gasteiger partial charge in [-0.25, -0.2) is 4.98 Å². The average molecular weight is 226 g/mol. The Bertz CT molecular complexity index is 422. The lowest BCUT2D eigenvalue weighted by Crippen LogP contribution is -2.15. The maximum Gasteiger partial charge on any atom is 0.128 e. The molecule has 0 bridgehead atoms. The zero-order valence-corrected chi connectivity index (χ0v) is 9.16. The topological polar surface area (TPSA) is 43.0 Å². The fraction of sp³-hybridized carbons (Fsp3) is 0.300. The van der Waals surface area contributed by atoms with Gasteiger partial charge in [0.2, 0.25) is 0 Å².